The topological polar surface area (TPSA) is 37.3 Å². The van der Waals surface area contributed by atoms with Crippen LogP contribution in [0.2, 0.25) is 0 Å². The van der Waals surface area contributed by atoms with Crippen LogP contribution in [0.25, 0.3) is 0 Å². The van der Waals surface area contributed by atoms with Gasteiger partial charge in [-0.2, -0.15) is 11.8 Å². The number of thioether (sulfide) groups is 1. The monoisotopic (exact) mass is 290 g/mol. The Morgan fingerprint density at radius 2 is 1.32 bits per heavy atom. The van der Waals surface area contributed by atoms with Gasteiger partial charge >= 0.3 is 5.97 Å². The SMILES string of the molecule is C.CCCCCCCCCCCCSCCC(=O)O. The number of hydrogen-bond donors (Lipinski definition) is 1. The molecule has 116 valence electrons. The highest BCUT2D eigenvalue weighted by Crippen LogP contribution is 2.12. The summed E-state index contributed by atoms with van der Waals surface area (Å²) in [7, 11) is 0. The third kappa shape index (κ3) is 20.3. The molecule has 0 fully saturated rings. The van der Waals surface area contributed by atoms with Gasteiger partial charge in [-0.1, -0.05) is 72.1 Å². The smallest absolute Gasteiger partial charge is 0.304 e. The summed E-state index contributed by atoms with van der Waals surface area (Å²) < 4.78 is 0. The number of aliphatic carboxylic acids is 1. The van der Waals surface area contributed by atoms with Gasteiger partial charge in [0.05, 0.1) is 6.42 Å². The van der Waals surface area contributed by atoms with Crippen molar-refractivity contribution in [3.8, 4) is 0 Å². The summed E-state index contributed by atoms with van der Waals surface area (Å²) in [6.45, 7) is 2.26. The largest absolute Gasteiger partial charge is 0.481 e. The van der Waals surface area contributed by atoms with E-state index in [4.69, 9.17) is 5.11 Å². The predicted molar refractivity (Wildman–Crippen MR) is 88.2 cm³/mol. The van der Waals surface area contributed by atoms with E-state index in [0.29, 0.717) is 6.42 Å². The lowest BCUT2D eigenvalue weighted by atomic mass is 10.1. The van der Waals surface area contributed by atoms with Crippen LogP contribution in [-0.2, 0) is 4.79 Å². The summed E-state index contributed by atoms with van der Waals surface area (Å²) in [6, 6.07) is 0. The Morgan fingerprint density at radius 1 is 0.842 bits per heavy atom. The maximum absolute atomic E-state index is 10.3. The van der Waals surface area contributed by atoms with E-state index >= 15 is 0 Å². The quantitative estimate of drug-likeness (QED) is 0.414. The van der Waals surface area contributed by atoms with E-state index in [0.717, 1.165) is 11.5 Å². The molecule has 0 heterocycles. The Morgan fingerprint density at radius 3 is 1.79 bits per heavy atom. The van der Waals surface area contributed by atoms with Crippen LogP contribution in [0.4, 0.5) is 0 Å². The van der Waals surface area contributed by atoms with Crippen LogP contribution in [-0.4, -0.2) is 22.6 Å². The molecule has 0 saturated heterocycles. The molecule has 0 saturated carbocycles. The molecule has 19 heavy (non-hydrogen) atoms. The molecule has 0 rings (SSSR count). The summed E-state index contributed by atoms with van der Waals surface area (Å²) in [4.78, 5) is 10.3. The Balaban J connectivity index is 0. The zero-order chi connectivity index (χ0) is 13.5. The molecule has 0 unspecified atom stereocenters. The second-order valence-corrected chi connectivity index (χ2v) is 6.16. The number of unbranched alkanes of at least 4 members (excludes halogenated alkanes) is 9. The minimum absolute atomic E-state index is 0. The molecule has 2 nitrogen and oxygen atoms in total. The highest BCUT2D eigenvalue weighted by molar-refractivity contribution is 7.99. The molecule has 0 atom stereocenters. The van der Waals surface area contributed by atoms with Crippen LogP contribution >= 0.6 is 11.8 Å². The maximum Gasteiger partial charge on any atom is 0.304 e. The van der Waals surface area contributed by atoms with Crippen molar-refractivity contribution in [2.24, 2.45) is 0 Å². The van der Waals surface area contributed by atoms with Crippen LogP contribution in [0.1, 0.15) is 85.0 Å². The molecule has 0 aromatic rings. The molecule has 0 aromatic heterocycles. The van der Waals surface area contributed by atoms with Crippen LogP contribution in [0, 0.1) is 0 Å². The van der Waals surface area contributed by atoms with Crippen LogP contribution in [0.15, 0.2) is 0 Å². The van der Waals surface area contributed by atoms with Crippen molar-refractivity contribution in [1.82, 2.24) is 0 Å². The van der Waals surface area contributed by atoms with Gasteiger partial charge in [0, 0.05) is 5.75 Å². The molecule has 0 bridgehead atoms. The van der Waals surface area contributed by atoms with Gasteiger partial charge in [0.1, 0.15) is 0 Å². The standard InChI is InChI=1S/C15H30O2S.CH4/c1-2-3-4-5-6-7-8-9-10-11-13-18-14-12-15(16)17;/h2-14H2,1H3,(H,16,17);1H4. The molecule has 0 amide bonds. The predicted octanol–water partition coefficient (Wildman–Crippen LogP) is 5.75. The van der Waals surface area contributed by atoms with E-state index in [1.165, 1.54) is 64.2 Å². The number of rotatable bonds is 14. The second-order valence-electron chi connectivity index (χ2n) is 4.94. The average molecular weight is 291 g/mol. The van der Waals surface area contributed by atoms with Gasteiger partial charge in [-0.05, 0) is 12.2 Å². The first-order chi connectivity index (χ1) is 8.77. The van der Waals surface area contributed by atoms with Gasteiger partial charge < -0.3 is 5.11 Å². The summed E-state index contributed by atoms with van der Waals surface area (Å²) in [5.41, 5.74) is 0. The summed E-state index contributed by atoms with van der Waals surface area (Å²) >= 11 is 1.78. The molecule has 0 radical (unpaired) electrons. The number of carboxylic acids is 1. The highest BCUT2D eigenvalue weighted by Gasteiger charge is 1.96. The first-order valence-corrected chi connectivity index (χ1v) is 8.72. The third-order valence-electron chi connectivity index (χ3n) is 3.10. The van der Waals surface area contributed by atoms with Gasteiger partial charge in [-0.25, -0.2) is 0 Å². The second kappa shape index (κ2) is 17.8. The highest BCUT2D eigenvalue weighted by atomic mass is 32.2. The van der Waals surface area contributed by atoms with E-state index < -0.39 is 5.97 Å². The molecule has 0 spiro atoms. The minimum atomic E-state index is -0.675. The first kappa shape index (κ1) is 21.1. The lowest BCUT2D eigenvalue weighted by Crippen LogP contribution is -1.96. The number of carbonyl (C=O) groups is 1. The van der Waals surface area contributed by atoms with Crippen molar-refractivity contribution < 1.29 is 9.90 Å². The molecule has 3 heteroatoms. The minimum Gasteiger partial charge on any atom is -0.481 e. The Hall–Kier alpha value is -0.180. The fourth-order valence-electron chi connectivity index (χ4n) is 1.95. The average Bonchev–Trinajstić information content (AvgIpc) is 2.34. The Labute approximate surface area is 124 Å². The normalized spacial score (nSPS) is 10.2. The van der Waals surface area contributed by atoms with Crippen molar-refractivity contribution in [2.45, 2.75) is 85.0 Å². The lowest BCUT2D eigenvalue weighted by Gasteiger charge is -2.02. The van der Waals surface area contributed by atoms with Gasteiger partial charge in [-0.3, -0.25) is 4.79 Å². The lowest BCUT2D eigenvalue weighted by molar-refractivity contribution is -0.136. The van der Waals surface area contributed by atoms with Crippen LogP contribution in [0.5, 0.6) is 0 Å². The van der Waals surface area contributed by atoms with E-state index in [1.807, 2.05) is 0 Å². The van der Waals surface area contributed by atoms with Crippen molar-refractivity contribution in [3.63, 3.8) is 0 Å². The van der Waals surface area contributed by atoms with Crippen molar-refractivity contribution in [3.05, 3.63) is 0 Å². The summed E-state index contributed by atoms with van der Waals surface area (Å²) in [5.74, 6) is 1.22. The van der Waals surface area contributed by atoms with E-state index in [-0.39, 0.29) is 7.43 Å². The van der Waals surface area contributed by atoms with Gasteiger partial charge in [0.25, 0.3) is 0 Å². The van der Waals surface area contributed by atoms with Crippen molar-refractivity contribution in [1.29, 1.82) is 0 Å². The molecule has 0 aliphatic heterocycles. The Kier molecular flexibility index (Phi) is 19.8. The van der Waals surface area contributed by atoms with E-state index in [2.05, 4.69) is 6.92 Å². The van der Waals surface area contributed by atoms with Gasteiger partial charge in [0.2, 0.25) is 0 Å². The van der Waals surface area contributed by atoms with Gasteiger partial charge in [0.15, 0.2) is 0 Å². The molecule has 1 N–H and O–H groups in total. The van der Waals surface area contributed by atoms with E-state index in [9.17, 15) is 4.79 Å². The fourth-order valence-corrected chi connectivity index (χ4v) is 2.88. The number of carboxylic acid groups (broad SMARTS) is 1. The molecule has 0 aliphatic rings. The summed E-state index contributed by atoms with van der Waals surface area (Å²) in [5, 5.41) is 8.48. The van der Waals surface area contributed by atoms with Crippen LogP contribution < -0.4 is 0 Å². The number of hydrogen-bond acceptors (Lipinski definition) is 2. The third-order valence-corrected chi connectivity index (χ3v) is 4.17. The summed E-state index contributed by atoms with van der Waals surface area (Å²) in [6.07, 6.45) is 14.0. The fraction of sp³-hybridized carbons (Fsp3) is 0.938. The van der Waals surface area contributed by atoms with Gasteiger partial charge in [-0.15, -0.1) is 0 Å². The van der Waals surface area contributed by atoms with E-state index in [1.54, 1.807) is 11.8 Å². The van der Waals surface area contributed by atoms with Crippen molar-refractivity contribution >= 4 is 17.7 Å². The van der Waals surface area contributed by atoms with Crippen molar-refractivity contribution in [2.75, 3.05) is 11.5 Å². The molecule has 0 aliphatic carbocycles. The Bertz CT molecular complexity index is 184. The molecule has 0 aromatic carbocycles. The maximum atomic E-state index is 10.3. The molecular formula is C16H34O2S. The molecular weight excluding hydrogens is 256 g/mol. The van der Waals surface area contributed by atoms with Crippen LogP contribution in [0.3, 0.4) is 0 Å². The first-order valence-electron chi connectivity index (χ1n) is 7.57. The zero-order valence-corrected chi connectivity index (χ0v) is 12.8. The zero-order valence-electron chi connectivity index (χ0n) is 12.0.